The maximum Gasteiger partial charge on any atom is 0.0710 e. The van der Waals surface area contributed by atoms with Crippen molar-refractivity contribution in [3.05, 3.63) is 88.5 Å². The number of rotatable bonds is 6. The Kier molecular flexibility index (Phi) is 6.24. The molecule has 2 aromatic carbocycles. The van der Waals surface area contributed by atoms with E-state index in [1.807, 2.05) is 0 Å². The number of hydrogen-bond acceptors (Lipinski definition) is 0. The second-order valence-corrected chi connectivity index (χ2v) is 16.4. The van der Waals surface area contributed by atoms with Gasteiger partial charge in [0.2, 0.25) is 0 Å². The van der Waals surface area contributed by atoms with Crippen LogP contribution in [0.5, 0.6) is 0 Å². The summed E-state index contributed by atoms with van der Waals surface area (Å²) < 4.78 is 0. The highest BCUT2D eigenvalue weighted by Gasteiger charge is 2.43. The van der Waals surface area contributed by atoms with Gasteiger partial charge in [-0.3, -0.25) is 0 Å². The fourth-order valence-corrected chi connectivity index (χ4v) is 9.64. The van der Waals surface area contributed by atoms with Crippen molar-refractivity contribution in [3.8, 4) is 11.1 Å². The Morgan fingerprint density at radius 2 is 1.69 bits per heavy atom. The molecule has 4 rings (SSSR count). The van der Waals surface area contributed by atoms with Crippen molar-refractivity contribution >= 4 is 14.1 Å². The molecule has 168 valence electrons. The summed E-state index contributed by atoms with van der Waals surface area (Å²) in [5, 5.41) is 0. The molecule has 1 heteroatoms. The van der Waals surface area contributed by atoms with E-state index < -0.39 is 8.07 Å². The average Bonchev–Trinajstić information content (AvgIpc) is 3.36. The van der Waals surface area contributed by atoms with Crippen LogP contribution < -0.4 is 0 Å². The maximum atomic E-state index is 2.60. The largest absolute Gasteiger partial charge is 0.0800 e. The third kappa shape index (κ3) is 4.24. The summed E-state index contributed by atoms with van der Waals surface area (Å²) in [6.07, 6.45) is 13.8. The van der Waals surface area contributed by atoms with Crippen LogP contribution in [0.4, 0.5) is 0 Å². The Labute approximate surface area is 197 Å². The summed E-state index contributed by atoms with van der Waals surface area (Å²) in [7, 11) is -1.62. The summed E-state index contributed by atoms with van der Waals surface area (Å²) in [6.45, 7) is 16.7. The molecule has 0 spiro atoms. The molecule has 0 radical (unpaired) electrons. The highest BCUT2D eigenvalue weighted by atomic mass is 28.3. The molecule has 0 nitrogen and oxygen atoms in total. The van der Waals surface area contributed by atoms with E-state index in [1.165, 1.54) is 41.5 Å². The van der Waals surface area contributed by atoms with Crippen molar-refractivity contribution in [3.63, 3.8) is 0 Å². The minimum Gasteiger partial charge on any atom is -0.0800 e. The predicted molar refractivity (Wildman–Crippen MR) is 145 cm³/mol. The summed E-state index contributed by atoms with van der Waals surface area (Å²) in [5.74, 6) is 0. The Hall–Kier alpha value is -2.12. The molecule has 2 aliphatic rings. The molecule has 0 fully saturated rings. The van der Waals surface area contributed by atoms with E-state index in [2.05, 4.69) is 114 Å². The van der Waals surface area contributed by atoms with E-state index in [9.17, 15) is 0 Å². The topological polar surface area (TPSA) is 0 Å². The SMILES string of the molecule is CCCCC1=CC([Si](C)(C)C2C(C)=Cc3c(-c4ccc(C(C)(C)C)cc4)cccc32)C=C1. The zero-order valence-corrected chi connectivity index (χ0v) is 22.1. The van der Waals surface area contributed by atoms with Crippen LogP contribution in [0.3, 0.4) is 0 Å². The molecule has 0 heterocycles. The maximum absolute atomic E-state index is 2.60. The van der Waals surface area contributed by atoms with Crippen LogP contribution in [0.2, 0.25) is 18.6 Å². The molecule has 0 aliphatic heterocycles. The first-order valence-electron chi connectivity index (χ1n) is 12.4. The molecule has 2 aromatic rings. The van der Waals surface area contributed by atoms with Crippen molar-refractivity contribution in [2.45, 2.75) is 83.5 Å². The van der Waals surface area contributed by atoms with Gasteiger partial charge in [0.25, 0.3) is 0 Å². The van der Waals surface area contributed by atoms with Gasteiger partial charge in [0, 0.05) is 5.54 Å². The molecule has 0 amide bonds. The Morgan fingerprint density at radius 3 is 2.34 bits per heavy atom. The van der Waals surface area contributed by atoms with Gasteiger partial charge in [0.05, 0.1) is 8.07 Å². The van der Waals surface area contributed by atoms with Gasteiger partial charge in [-0.2, -0.15) is 0 Å². The van der Waals surface area contributed by atoms with Crippen LogP contribution in [0, 0.1) is 0 Å². The number of unbranched alkanes of at least 4 members (excludes halogenated alkanes) is 1. The van der Waals surface area contributed by atoms with Gasteiger partial charge < -0.3 is 0 Å². The zero-order chi connectivity index (χ0) is 23.1. The van der Waals surface area contributed by atoms with Crippen molar-refractivity contribution in [2.75, 3.05) is 0 Å². The third-order valence-corrected chi connectivity index (χ3v) is 12.0. The Morgan fingerprint density at radius 1 is 0.969 bits per heavy atom. The number of fused-ring (bicyclic) bond motifs is 1. The molecule has 2 aliphatic carbocycles. The molecule has 0 saturated heterocycles. The molecule has 0 bridgehead atoms. The molecule has 2 unspecified atom stereocenters. The standard InChI is InChI=1S/C31H40Si/c1-8-9-11-23-14-19-26(21-23)32(6,7)30-22(2)20-29-27(12-10-13-28(29)30)24-15-17-25(18-16-24)31(3,4)5/h10,12-21,26,30H,8-9,11H2,1-7H3. The summed E-state index contributed by atoms with van der Waals surface area (Å²) >= 11 is 0. The monoisotopic (exact) mass is 440 g/mol. The molecule has 0 aromatic heterocycles. The van der Waals surface area contributed by atoms with E-state index in [0.29, 0.717) is 11.1 Å². The quantitative estimate of drug-likeness (QED) is 0.392. The normalized spacial score (nSPS) is 20.3. The van der Waals surface area contributed by atoms with E-state index in [1.54, 1.807) is 16.7 Å². The van der Waals surface area contributed by atoms with Crippen LogP contribution in [-0.4, -0.2) is 8.07 Å². The zero-order valence-electron chi connectivity index (χ0n) is 21.1. The van der Waals surface area contributed by atoms with Crippen LogP contribution in [-0.2, 0) is 5.41 Å². The number of benzene rings is 2. The lowest BCUT2D eigenvalue weighted by atomic mass is 9.86. The lowest BCUT2D eigenvalue weighted by molar-refractivity contribution is 0.590. The van der Waals surface area contributed by atoms with Crippen molar-refractivity contribution < 1.29 is 0 Å². The van der Waals surface area contributed by atoms with Gasteiger partial charge in [-0.05, 0) is 58.5 Å². The lowest BCUT2D eigenvalue weighted by Gasteiger charge is -2.36. The van der Waals surface area contributed by atoms with Crippen LogP contribution >= 0.6 is 0 Å². The van der Waals surface area contributed by atoms with Gasteiger partial charge >= 0.3 is 0 Å². The Bertz CT molecular complexity index is 1070. The second kappa shape index (κ2) is 8.67. The Balaban J connectivity index is 1.68. The lowest BCUT2D eigenvalue weighted by Crippen LogP contribution is -2.38. The fourth-order valence-electron chi connectivity index (χ4n) is 5.71. The van der Waals surface area contributed by atoms with Crippen molar-refractivity contribution in [1.82, 2.24) is 0 Å². The first-order chi connectivity index (χ1) is 15.1. The van der Waals surface area contributed by atoms with E-state index in [0.717, 1.165) is 0 Å². The first kappa shape index (κ1) is 23.0. The smallest absolute Gasteiger partial charge is 0.0710 e. The molecule has 32 heavy (non-hydrogen) atoms. The van der Waals surface area contributed by atoms with Crippen molar-refractivity contribution in [2.24, 2.45) is 0 Å². The van der Waals surface area contributed by atoms with Gasteiger partial charge in [-0.1, -0.05) is 125 Å². The third-order valence-electron chi connectivity index (χ3n) is 7.67. The highest BCUT2D eigenvalue weighted by Crippen LogP contribution is 2.50. The minimum absolute atomic E-state index is 0.187. The fraction of sp³-hybridized carbons (Fsp3) is 0.419. The second-order valence-electron chi connectivity index (χ2n) is 11.5. The van der Waals surface area contributed by atoms with Crippen molar-refractivity contribution in [1.29, 1.82) is 0 Å². The molecule has 2 atom stereocenters. The van der Waals surface area contributed by atoms with E-state index in [4.69, 9.17) is 0 Å². The number of hydrogen-bond donors (Lipinski definition) is 0. The van der Waals surface area contributed by atoms with Gasteiger partial charge in [0.1, 0.15) is 0 Å². The van der Waals surface area contributed by atoms with Crippen LogP contribution in [0.1, 0.15) is 76.1 Å². The highest BCUT2D eigenvalue weighted by molar-refractivity contribution is 6.82. The predicted octanol–water partition coefficient (Wildman–Crippen LogP) is 9.46. The number of allylic oxidation sites excluding steroid dienone is 5. The summed E-state index contributed by atoms with van der Waals surface area (Å²) in [6, 6.07) is 16.2. The van der Waals surface area contributed by atoms with E-state index >= 15 is 0 Å². The summed E-state index contributed by atoms with van der Waals surface area (Å²) in [5.41, 5.74) is 11.6. The molecular weight excluding hydrogens is 400 g/mol. The summed E-state index contributed by atoms with van der Waals surface area (Å²) in [4.78, 5) is 0. The first-order valence-corrected chi connectivity index (χ1v) is 15.6. The molecule has 0 saturated carbocycles. The minimum atomic E-state index is -1.62. The molecule has 0 N–H and O–H groups in total. The van der Waals surface area contributed by atoms with Crippen LogP contribution in [0.15, 0.2) is 71.8 Å². The van der Waals surface area contributed by atoms with Crippen LogP contribution in [0.25, 0.3) is 17.2 Å². The van der Waals surface area contributed by atoms with E-state index in [-0.39, 0.29) is 5.41 Å². The van der Waals surface area contributed by atoms with Gasteiger partial charge in [0.15, 0.2) is 0 Å². The van der Waals surface area contributed by atoms with Gasteiger partial charge in [-0.15, -0.1) is 0 Å². The average molecular weight is 441 g/mol. The van der Waals surface area contributed by atoms with Gasteiger partial charge in [-0.25, -0.2) is 0 Å². The molecular formula is C31H40Si.